The summed E-state index contributed by atoms with van der Waals surface area (Å²) in [4.78, 5) is 2.11. The minimum Gasteiger partial charge on any atom is -0.493 e. The summed E-state index contributed by atoms with van der Waals surface area (Å²) in [5.74, 6) is 0.970. The highest BCUT2D eigenvalue weighted by molar-refractivity contribution is 5.93. The number of aryl methyl sites for hydroxylation is 1. The Morgan fingerprint density at radius 1 is 1.12 bits per heavy atom. The molecular weight excluding hydrogens is 210 g/mol. The first-order valence-electron chi connectivity index (χ1n) is 5.97. The zero-order valence-corrected chi connectivity index (χ0v) is 10.9. The number of nitrogens with zero attached hydrogens (tertiary/aromatic N) is 1. The molecule has 2 nitrogen and oxygen atoms in total. The Bertz CT molecular complexity index is 532. The minimum absolute atomic E-state index is 0.694. The van der Waals surface area contributed by atoms with Gasteiger partial charge in [-0.25, -0.2) is 0 Å². The van der Waals surface area contributed by atoms with E-state index in [0.29, 0.717) is 6.61 Å². The predicted molar refractivity (Wildman–Crippen MR) is 74.2 cm³/mol. The van der Waals surface area contributed by atoms with Crippen LogP contribution >= 0.6 is 0 Å². The standard InChI is InChI=1S/C15H19NO/c1-5-17-15-10-12(16(3)4)9-14-11(2)7-6-8-13(14)15/h6-10H,5H2,1-4H3. The number of ether oxygens (including phenoxy) is 1. The molecule has 90 valence electrons. The van der Waals surface area contributed by atoms with Crippen molar-refractivity contribution in [2.24, 2.45) is 0 Å². The first kappa shape index (κ1) is 11.8. The summed E-state index contributed by atoms with van der Waals surface area (Å²) in [5.41, 5.74) is 2.46. The third-order valence-electron chi connectivity index (χ3n) is 2.98. The van der Waals surface area contributed by atoms with Crippen molar-refractivity contribution in [3.8, 4) is 5.75 Å². The molecule has 0 aromatic heterocycles. The number of hydrogen-bond acceptors (Lipinski definition) is 2. The monoisotopic (exact) mass is 229 g/mol. The molecule has 0 saturated carbocycles. The minimum atomic E-state index is 0.694. The van der Waals surface area contributed by atoms with Crippen LogP contribution in [0.5, 0.6) is 5.75 Å². The van der Waals surface area contributed by atoms with Crippen LogP contribution in [0.2, 0.25) is 0 Å². The molecule has 0 atom stereocenters. The van der Waals surface area contributed by atoms with Crippen molar-refractivity contribution in [2.75, 3.05) is 25.6 Å². The molecule has 2 heteroatoms. The maximum Gasteiger partial charge on any atom is 0.129 e. The Labute approximate surface area is 103 Å². The molecule has 0 aliphatic carbocycles. The molecule has 0 fully saturated rings. The van der Waals surface area contributed by atoms with Gasteiger partial charge >= 0.3 is 0 Å². The molecule has 0 aliphatic rings. The molecule has 0 amide bonds. The van der Waals surface area contributed by atoms with Gasteiger partial charge in [0.15, 0.2) is 0 Å². The van der Waals surface area contributed by atoms with Gasteiger partial charge < -0.3 is 9.64 Å². The molecule has 17 heavy (non-hydrogen) atoms. The average Bonchev–Trinajstić information content (AvgIpc) is 2.30. The third-order valence-corrected chi connectivity index (χ3v) is 2.98. The van der Waals surface area contributed by atoms with Gasteiger partial charge in [-0.3, -0.25) is 0 Å². The number of anilines is 1. The highest BCUT2D eigenvalue weighted by Crippen LogP contribution is 2.32. The smallest absolute Gasteiger partial charge is 0.129 e. The molecule has 0 heterocycles. The largest absolute Gasteiger partial charge is 0.493 e. The van der Waals surface area contributed by atoms with Gasteiger partial charge in [0.2, 0.25) is 0 Å². The Morgan fingerprint density at radius 3 is 2.53 bits per heavy atom. The van der Waals surface area contributed by atoms with E-state index in [9.17, 15) is 0 Å². The molecule has 0 bridgehead atoms. The van der Waals surface area contributed by atoms with E-state index in [1.54, 1.807) is 0 Å². The molecule has 2 aromatic carbocycles. The molecule has 2 rings (SSSR count). The van der Waals surface area contributed by atoms with E-state index in [1.807, 2.05) is 6.92 Å². The molecule has 2 aromatic rings. The second-order valence-corrected chi connectivity index (χ2v) is 4.44. The lowest BCUT2D eigenvalue weighted by atomic mass is 10.0. The fourth-order valence-electron chi connectivity index (χ4n) is 2.02. The topological polar surface area (TPSA) is 12.5 Å². The summed E-state index contributed by atoms with van der Waals surface area (Å²) in [6.07, 6.45) is 0. The van der Waals surface area contributed by atoms with Gasteiger partial charge in [-0.15, -0.1) is 0 Å². The molecular formula is C15H19NO. The van der Waals surface area contributed by atoms with Gasteiger partial charge in [0, 0.05) is 31.2 Å². The van der Waals surface area contributed by atoms with E-state index in [4.69, 9.17) is 4.74 Å². The maximum atomic E-state index is 5.74. The lowest BCUT2D eigenvalue weighted by Gasteiger charge is -2.17. The van der Waals surface area contributed by atoms with Crippen LogP contribution in [0.25, 0.3) is 10.8 Å². The van der Waals surface area contributed by atoms with E-state index in [1.165, 1.54) is 22.0 Å². The molecule has 0 saturated heterocycles. The van der Waals surface area contributed by atoms with Crippen LogP contribution in [0.4, 0.5) is 5.69 Å². The van der Waals surface area contributed by atoms with Crippen LogP contribution in [0.1, 0.15) is 12.5 Å². The van der Waals surface area contributed by atoms with Crippen LogP contribution in [-0.2, 0) is 0 Å². The van der Waals surface area contributed by atoms with E-state index >= 15 is 0 Å². The van der Waals surface area contributed by atoms with Crippen LogP contribution < -0.4 is 9.64 Å². The first-order valence-corrected chi connectivity index (χ1v) is 5.97. The highest BCUT2D eigenvalue weighted by atomic mass is 16.5. The first-order chi connectivity index (χ1) is 8.13. The van der Waals surface area contributed by atoms with E-state index in [2.05, 4.69) is 56.3 Å². The zero-order chi connectivity index (χ0) is 12.4. The van der Waals surface area contributed by atoms with Crippen LogP contribution in [0.15, 0.2) is 30.3 Å². The maximum absolute atomic E-state index is 5.74. The quantitative estimate of drug-likeness (QED) is 0.797. The van der Waals surface area contributed by atoms with E-state index < -0.39 is 0 Å². The summed E-state index contributed by atoms with van der Waals surface area (Å²) in [6, 6.07) is 10.7. The van der Waals surface area contributed by atoms with E-state index in [-0.39, 0.29) is 0 Å². The summed E-state index contributed by atoms with van der Waals surface area (Å²) < 4.78 is 5.74. The van der Waals surface area contributed by atoms with Crippen molar-refractivity contribution < 1.29 is 4.74 Å². The van der Waals surface area contributed by atoms with Gasteiger partial charge in [-0.05, 0) is 30.9 Å². The zero-order valence-electron chi connectivity index (χ0n) is 10.9. The van der Waals surface area contributed by atoms with Crippen LogP contribution in [0.3, 0.4) is 0 Å². The highest BCUT2D eigenvalue weighted by Gasteiger charge is 2.07. The number of benzene rings is 2. The summed E-state index contributed by atoms with van der Waals surface area (Å²) in [5, 5.41) is 2.46. The average molecular weight is 229 g/mol. The van der Waals surface area contributed by atoms with E-state index in [0.717, 1.165) is 5.75 Å². The molecule has 0 spiro atoms. The molecule has 0 unspecified atom stereocenters. The summed E-state index contributed by atoms with van der Waals surface area (Å²) in [6.45, 7) is 4.85. The van der Waals surface area contributed by atoms with Crippen molar-refractivity contribution in [2.45, 2.75) is 13.8 Å². The molecule has 0 radical (unpaired) electrons. The Hall–Kier alpha value is -1.70. The fourth-order valence-corrected chi connectivity index (χ4v) is 2.02. The molecule has 0 aliphatic heterocycles. The van der Waals surface area contributed by atoms with Crippen molar-refractivity contribution in [3.63, 3.8) is 0 Å². The van der Waals surface area contributed by atoms with Gasteiger partial charge in [-0.1, -0.05) is 18.2 Å². The van der Waals surface area contributed by atoms with Crippen LogP contribution in [-0.4, -0.2) is 20.7 Å². The Balaban J connectivity index is 2.72. The molecule has 0 N–H and O–H groups in total. The normalized spacial score (nSPS) is 10.6. The number of rotatable bonds is 3. The van der Waals surface area contributed by atoms with Gasteiger partial charge in [-0.2, -0.15) is 0 Å². The summed E-state index contributed by atoms with van der Waals surface area (Å²) >= 11 is 0. The number of fused-ring (bicyclic) bond motifs is 1. The summed E-state index contributed by atoms with van der Waals surface area (Å²) in [7, 11) is 4.10. The SMILES string of the molecule is CCOc1cc(N(C)C)cc2c(C)cccc12. The third kappa shape index (κ3) is 2.21. The van der Waals surface area contributed by atoms with Crippen molar-refractivity contribution in [1.82, 2.24) is 0 Å². The number of hydrogen-bond donors (Lipinski definition) is 0. The Morgan fingerprint density at radius 2 is 1.88 bits per heavy atom. The lowest BCUT2D eigenvalue weighted by Crippen LogP contribution is -2.09. The second-order valence-electron chi connectivity index (χ2n) is 4.44. The van der Waals surface area contributed by atoms with Crippen LogP contribution in [0, 0.1) is 6.92 Å². The second kappa shape index (κ2) is 4.66. The van der Waals surface area contributed by atoms with Crippen molar-refractivity contribution in [3.05, 3.63) is 35.9 Å². The van der Waals surface area contributed by atoms with Gasteiger partial charge in [0.1, 0.15) is 5.75 Å². The predicted octanol–water partition coefficient (Wildman–Crippen LogP) is 3.61. The fraction of sp³-hybridized carbons (Fsp3) is 0.333. The van der Waals surface area contributed by atoms with Gasteiger partial charge in [0.05, 0.1) is 6.61 Å². The van der Waals surface area contributed by atoms with Crippen molar-refractivity contribution >= 4 is 16.5 Å². The lowest BCUT2D eigenvalue weighted by molar-refractivity contribution is 0.344. The van der Waals surface area contributed by atoms with Gasteiger partial charge in [0.25, 0.3) is 0 Å². The Kier molecular flexibility index (Phi) is 3.23. The van der Waals surface area contributed by atoms with Crippen molar-refractivity contribution in [1.29, 1.82) is 0 Å².